The molecule has 2 aromatic carbocycles. The maximum absolute atomic E-state index is 13.6. The lowest BCUT2D eigenvalue weighted by Crippen LogP contribution is -2.05. The summed E-state index contributed by atoms with van der Waals surface area (Å²) < 4.78 is 26.4. The molecule has 4 nitrogen and oxygen atoms in total. The molecule has 108 valence electrons. The van der Waals surface area contributed by atoms with E-state index in [0.717, 1.165) is 11.6 Å². The maximum Gasteiger partial charge on any atom is 0.228 e. The first-order valence-corrected chi connectivity index (χ1v) is 6.43. The molecular formula is C15H13F2N3O. The molecule has 0 saturated heterocycles. The minimum absolute atomic E-state index is 0.0777. The molecule has 0 spiro atoms. The van der Waals surface area contributed by atoms with Gasteiger partial charge >= 0.3 is 0 Å². The van der Waals surface area contributed by atoms with Gasteiger partial charge in [0.15, 0.2) is 0 Å². The third kappa shape index (κ3) is 2.65. The van der Waals surface area contributed by atoms with Crippen LogP contribution in [0.4, 0.5) is 25.8 Å². The zero-order valence-electron chi connectivity index (χ0n) is 11.0. The smallest absolute Gasteiger partial charge is 0.228 e. The molecule has 0 bridgehead atoms. The van der Waals surface area contributed by atoms with Crippen molar-refractivity contribution in [1.82, 2.24) is 0 Å². The van der Waals surface area contributed by atoms with Gasteiger partial charge in [0.2, 0.25) is 5.91 Å². The molecule has 1 aliphatic rings. The molecule has 1 amide bonds. The van der Waals surface area contributed by atoms with Gasteiger partial charge in [0.25, 0.3) is 0 Å². The van der Waals surface area contributed by atoms with Gasteiger partial charge in [0.1, 0.15) is 11.6 Å². The van der Waals surface area contributed by atoms with E-state index in [9.17, 15) is 13.6 Å². The Labute approximate surface area is 120 Å². The van der Waals surface area contributed by atoms with Crippen LogP contribution < -0.4 is 16.4 Å². The Hall–Kier alpha value is -2.63. The number of fused-ring (bicyclic) bond motifs is 1. The van der Waals surface area contributed by atoms with Crippen molar-refractivity contribution in [3.63, 3.8) is 0 Å². The van der Waals surface area contributed by atoms with E-state index in [2.05, 4.69) is 10.6 Å². The number of halogens is 2. The van der Waals surface area contributed by atoms with Gasteiger partial charge in [0, 0.05) is 23.9 Å². The topological polar surface area (TPSA) is 67.2 Å². The number of nitrogens with two attached hydrogens (primary N) is 1. The summed E-state index contributed by atoms with van der Waals surface area (Å²) in [7, 11) is 0. The molecular weight excluding hydrogens is 276 g/mol. The summed E-state index contributed by atoms with van der Waals surface area (Å²) in [5.74, 6) is -1.31. The van der Waals surface area contributed by atoms with Crippen molar-refractivity contribution >= 4 is 23.0 Å². The normalized spacial score (nSPS) is 13.0. The number of hydrogen-bond donors (Lipinski definition) is 3. The number of anilines is 3. The van der Waals surface area contributed by atoms with E-state index in [0.29, 0.717) is 29.0 Å². The van der Waals surface area contributed by atoms with Crippen molar-refractivity contribution in [3.05, 3.63) is 53.1 Å². The Kier molecular flexibility index (Phi) is 3.21. The molecule has 1 aliphatic heterocycles. The Morgan fingerprint density at radius 1 is 1.24 bits per heavy atom. The van der Waals surface area contributed by atoms with Gasteiger partial charge < -0.3 is 16.4 Å². The van der Waals surface area contributed by atoms with Crippen LogP contribution in [0.1, 0.15) is 11.1 Å². The van der Waals surface area contributed by atoms with Gasteiger partial charge in [-0.2, -0.15) is 0 Å². The second kappa shape index (κ2) is 5.05. The highest BCUT2D eigenvalue weighted by atomic mass is 19.1. The van der Waals surface area contributed by atoms with Crippen molar-refractivity contribution < 1.29 is 13.6 Å². The Balaban J connectivity index is 1.79. The lowest BCUT2D eigenvalue weighted by Gasteiger charge is -2.12. The van der Waals surface area contributed by atoms with Crippen molar-refractivity contribution in [1.29, 1.82) is 0 Å². The molecule has 21 heavy (non-hydrogen) atoms. The summed E-state index contributed by atoms with van der Waals surface area (Å²) in [5.41, 5.74) is 8.87. The fourth-order valence-corrected chi connectivity index (χ4v) is 2.30. The number of hydrogen-bond acceptors (Lipinski definition) is 3. The summed E-state index contributed by atoms with van der Waals surface area (Å²) in [6, 6.07) is 6.85. The van der Waals surface area contributed by atoms with Crippen LogP contribution in [-0.4, -0.2) is 5.91 Å². The number of rotatable bonds is 3. The highest BCUT2D eigenvalue weighted by Crippen LogP contribution is 2.31. The number of amides is 1. The summed E-state index contributed by atoms with van der Waals surface area (Å²) in [6.45, 7) is 0.170. The summed E-state index contributed by atoms with van der Waals surface area (Å²) in [4.78, 5) is 11.3. The van der Waals surface area contributed by atoms with E-state index >= 15 is 0 Å². The predicted octanol–water partition coefficient (Wildman–Crippen LogP) is 2.65. The summed E-state index contributed by atoms with van der Waals surface area (Å²) in [6.07, 6.45) is 0.312. The molecule has 2 aromatic rings. The van der Waals surface area contributed by atoms with Crippen molar-refractivity contribution in [2.45, 2.75) is 13.0 Å². The molecule has 0 unspecified atom stereocenters. The van der Waals surface area contributed by atoms with Crippen LogP contribution in [0.2, 0.25) is 0 Å². The van der Waals surface area contributed by atoms with E-state index in [4.69, 9.17) is 5.73 Å². The molecule has 1 heterocycles. The van der Waals surface area contributed by atoms with Crippen LogP contribution in [0.5, 0.6) is 0 Å². The number of carbonyl (C=O) groups is 1. The zero-order valence-corrected chi connectivity index (χ0v) is 11.0. The third-order valence-corrected chi connectivity index (χ3v) is 3.38. The van der Waals surface area contributed by atoms with E-state index in [-0.39, 0.29) is 12.5 Å². The molecule has 0 fully saturated rings. The van der Waals surface area contributed by atoms with E-state index < -0.39 is 11.6 Å². The fourth-order valence-electron chi connectivity index (χ4n) is 2.30. The van der Waals surface area contributed by atoms with Crippen LogP contribution >= 0.6 is 0 Å². The minimum atomic E-state index is -0.615. The SMILES string of the molecule is Nc1cc2c(cc1NCc1ccc(F)cc1F)NC(=O)C2. The molecule has 0 saturated carbocycles. The van der Waals surface area contributed by atoms with Crippen molar-refractivity contribution in [2.75, 3.05) is 16.4 Å². The lowest BCUT2D eigenvalue weighted by molar-refractivity contribution is -0.115. The number of nitrogens with one attached hydrogen (secondary N) is 2. The third-order valence-electron chi connectivity index (χ3n) is 3.38. The number of carbonyl (C=O) groups excluding carboxylic acids is 1. The van der Waals surface area contributed by atoms with Gasteiger partial charge in [-0.05, 0) is 23.8 Å². The second-order valence-corrected chi connectivity index (χ2v) is 4.91. The Morgan fingerprint density at radius 2 is 2.05 bits per heavy atom. The van der Waals surface area contributed by atoms with Gasteiger partial charge in [-0.25, -0.2) is 8.78 Å². The van der Waals surface area contributed by atoms with Gasteiger partial charge in [-0.15, -0.1) is 0 Å². The predicted molar refractivity (Wildman–Crippen MR) is 76.9 cm³/mol. The largest absolute Gasteiger partial charge is 0.397 e. The highest BCUT2D eigenvalue weighted by molar-refractivity contribution is 6.00. The van der Waals surface area contributed by atoms with E-state index in [1.165, 1.54) is 12.1 Å². The van der Waals surface area contributed by atoms with Gasteiger partial charge in [-0.3, -0.25) is 4.79 Å². The van der Waals surface area contributed by atoms with Crippen LogP contribution in [0, 0.1) is 11.6 Å². The Bertz CT molecular complexity index is 731. The molecule has 0 aromatic heterocycles. The van der Waals surface area contributed by atoms with Crippen LogP contribution in [0.3, 0.4) is 0 Å². The van der Waals surface area contributed by atoms with Gasteiger partial charge in [-0.1, -0.05) is 6.07 Å². The number of benzene rings is 2. The van der Waals surface area contributed by atoms with E-state index in [1.807, 2.05) is 0 Å². The molecule has 4 N–H and O–H groups in total. The second-order valence-electron chi connectivity index (χ2n) is 4.91. The van der Waals surface area contributed by atoms with Crippen molar-refractivity contribution in [2.24, 2.45) is 0 Å². The molecule has 6 heteroatoms. The van der Waals surface area contributed by atoms with Crippen molar-refractivity contribution in [3.8, 4) is 0 Å². The first-order valence-electron chi connectivity index (χ1n) is 6.43. The average molecular weight is 289 g/mol. The number of nitrogen functional groups attached to an aromatic ring is 1. The summed E-state index contributed by atoms with van der Waals surface area (Å²) >= 11 is 0. The van der Waals surface area contributed by atoms with Crippen LogP contribution in [-0.2, 0) is 17.8 Å². The maximum atomic E-state index is 13.6. The monoisotopic (exact) mass is 289 g/mol. The van der Waals surface area contributed by atoms with Crippen LogP contribution in [0.15, 0.2) is 30.3 Å². The highest BCUT2D eigenvalue weighted by Gasteiger charge is 2.19. The zero-order chi connectivity index (χ0) is 15.0. The summed E-state index contributed by atoms with van der Waals surface area (Å²) in [5, 5.41) is 5.72. The Morgan fingerprint density at radius 3 is 2.81 bits per heavy atom. The quantitative estimate of drug-likeness (QED) is 0.761. The standard InChI is InChI=1S/C15H13F2N3O/c16-10-2-1-8(11(17)5-10)7-19-14-6-13-9(3-12(14)18)4-15(21)20-13/h1-3,5-6,19H,4,7,18H2,(H,20,21). The van der Waals surface area contributed by atoms with Gasteiger partial charge in [0.05, 0.1) is 17.8 Å². The van der Waals surface area contributed by atoms with Crippen LogP contribution in [0.25, 0.3) is 0 Å². The minimum Gasteiger partial charge on any atom is -0.397 e. The molecule has 3 rings (SSSR count). The molecule has 0 aliphatic carbocycles. The average Bonchev–Trinajstić information content (AvgIpc) is 2.76. The molecule has 0 atom stereocenters. The molecule has 0 radical (unpaired) electrons. The van der Waals surface area contributed by atoms with E-state index in [1.54, 1.807) is 12.1 Å². The first-order chi connectivity index (χ1) is 10.0. The lowest BCUT2D eigenvalue weighted by atomic mass is 10.1. The fraction of sp³-hybridized carbons (Fsp3) is 0.133. The first kappa shape index (κ1) is 13.4.